The molecule has 4 aromatic rings. The molecule has 4 rings (SSSR count). The zero-order valence-electron chi connectivity index (χ0n) is 15.9. The van der Waals surface area contributed by atoms with Crippen LogP contribution in [-0.2, 0) is 17.0 Å². The Labute approximate surface area is 171 Å². The topological polar surface area (TPSA) is 85.2 Å². The molecule has 0 fully saturated rings. The molecule has 0 amide bonds. The van der Waals surface area contributed by atoms with Crippen LogP contribution in [0.3, 0.4) is 0 Å². The van der Waals surface area contributed by atoms with Crippen LogP contribution < -0.4 is 5.56 Å². The van der Waals surface area contributed by atoms with E-state index in [4.69, 9.17) is 10.00 Å². The molecule has 0 bridgehead atoms. The zero-order chi connectivity index (χ0) is 20.2. The van der Waals surface area contributed by atoms with Crippen molar-refractivity contribution in [2.75, 3.05) is 13.7 Å². The van der Waals surface area contributed by atoms with Crippen LogP contribution >= 0.6 is 11.8 Å². The predicted molar refractivity (Wildman–Crippen MR) is 112 cm³/mol. The first-order chi connectivity index (χ1) is 14.2. The number of aryl methyl sites for hydroxylation is 1. The van der Waals surface area contributed by atoms with Crippen LogP contribution in [0.1, 0.15) is 17.5 Å². The number of nitriles is 1. The first-order valence-corrected chi connectivity index (χ1v) is 10.2. The van der Waals surface area contributed by atoms with Crippen LogP contribution in [0.4, 0.5) is 0 Å². The Morgan fingerprint density at radius 3 is 2.69 bits per heavy atom. The fourth-order valence-electron chi connectivity index (χ4n) is 3.22. The highest BCUT2D eigenvalue weighted by Crippen LogP contribution is 2.24. The van der Waals surface area contributed by atoms with E-state index in [1.54, 1.807) is 35.6 Å². The fraction of sp³-hybridized carbons (Fsp3) is 0.238. The summed E-state index contributed by atoms with van der Waals surface area (Å²) in [6, 6.07) is 17.1. The predicted octanol–water partition coefficient (Wildman–Crippen LogP) is 3.24. The molecule has 0 spiro atoms. The molecule has 0 aliphatic heterocycles. The smallest absolute Gasteiger partial charge is 0.262 e. The van der Waals surface area contributed by atoms with Crippen LogP contribution in [0.25, 0.3) is 16.7 Å². The standard InChI is InChI=1S/C21H19N5O2S/c1-28-12-4-11-25-19(27)17-5-2-3-6-18(17)26-20(25)23-24-21(26)29-14-16-9-7-15(13-22)8-10-16/h2-3,5-10H,4,11-12,14H2,1H3. The van der Waals surface area contributed by atoms with E-state index < -0.39 is 0 Å². The van der Waals surface area contributed by atoms with Gasteiger partial charge in [-0.05, 0) is 36.2 Å². The zero-order valence-corrected chi connectivity index (χ0v) is 16.7. The lowest BCUT2D eigenvalue weighted by Crippen LogP contribution is -2.24. The van der Waals surface area contributed by atoms with Crippen molar-refractivity contribution in [3.63, 3.8) is 0 Å². The number of methoxy groups -OCH3 is 1. The van der Waals surface area contributed by atoms with Crippen molar-refractivity contribution in [2.24, 2.45) is 0 Å². The molecule has 29 heavy (non-hydrogen) atoms. The number of nitrogens with zero attached hydrogens (tertiary/aromatic N) is 5. The van der Waals surface area contributed by atoms with E-state index >= 15 is 0 Å². The quantitative estimate of drug-likeness (QED) is 0.347. The van der Waals surface area contributed by atoms with Gasteiger partial charge in [0.25, 0.3) is 5.56 Å². The van der Waals surface area contributed by atoms with Crippen LogP contribution in [0, 0.1) is 11.3 Å². The molecule has 0 radical (unpaired) electrons. The van der Waals surface area contributed by atoms with E-state index in [1.165, 1.54) is 0 Å². The molecule has 0 aliphatic carbocycles. The van der Waals surface area contributed by atoms with Crippen LogP contribution in [-0.4, -0.2) is 32.9 Å². The lowest BCUT2D eigenvalue weighted by Gasteiger charge is -2.11. The second kappa shape index (κ2) is 8.47. The van der Waals surface area contributed by atoms with Crippen LogP contribution in [0.5, 0.6) is 0 Å². The monoisotopic (exact) mass is 405 g/mol. The molecule has 146 valence electrons. The van der Waals surface area contributed by atoms with Crippen molar-refractivity contribution in [3.05, 3.63) is 70.0 Å². The second-order valence-electron chi connectivity index (χ2n) is 6.54. The van der Waals surface area contributed by atoms with E-state index in [0.29, 0.717) is 42.1 Å². The summed E-state index contributed by atoms with van der Waals surface area (Å²) in [5, 5.41) is 19.0. The maximum Gasteiger partial charge on any atom is 0.262 e. The van der Waals surface area contributed by atoms with Crippen molar-refractivity contribution in [3.8, 4) is 6.07 Å². The average molecular weight is 405 g/mol. The highest BCUT2D eigenvalue weighted by atomic mass is 32.2. The lowest BCUT2D eigenvalue weighted by molar-refractivity contribution is 0.190. The molecule has 8 heteroatoms. The Morgan fingerprint density at radius 1 is 1.14 bits per heavy atom. The maximum absolute atomic E-state index is 13.0. The van der Waals surface area contributed by atoms with Crippen molar-refractivity contribution in [1.29, 1.82) is 5.26 Å². The third-order valence-electron chi connectivity index (χ3n) is 4.66. The van der Waals surface area contributed by atoms with Gasteiger partial charge in [-0.15, -0.1) is 10.2 Å². The van der Waals surface area contributed by atoms with Gasteiger partial charge in [-0.3, -0.25) is 13.8 Å². The molecule has 7 nitrogen and oxygen atoms in total. The van der Waals surface area contributed by atoms with Gasteiger partial charge in [-0.25, -0.2) is 0 Å². The number of benzene rings is 2. The molecule has 2 aromatic heterocycles. The number of ether oxygens (including phenoxy) is 1. The molecule has 2 aromatic carbocycles. The molecule has 2 heterocycles. The summed E-state index contributed by atoms with van der Waals surface area (Å²) < 4.78 is 8.74. The largest absolute Gasteiger partial charge is 0.385 e. The van der Waals surface area contributed by atoms with Crippen molar-refractivity contribution < 1.29 is 4.74 Å². The molecule has 0 atom stereocenters. The number of aromatic nitrogens is 4. The van der Waals surface area contributed by atoms with Gasteiger partial charge < -0.3 is 4.74 Å². The number of thioether (sulfide) groups is 1. The summed E-state index contributed by atoms with van der Waals surface area (Å²) in [7, 11) is 1.65. The molecule has 0 N–H and O–H groups in total. The maximum atomic E-state index is 13.0. The SMILES string of the molecule is COCCCn1c(=O)c2ccccc2n2c(SCc3ccc(C#N)cc3)nnc12. The highest BCUT2D eigenvalue weighted by Gasteiger charge is 2.16. The van der Waals surface area contributed by atoms with Gasteiger partial charge in [0, 0.05) is 26.0 Å². The molecule has 0 saturated carbocycles. The number of rotatable bonds is 7. The molecular formula is C21H19N5O2S. The van der Waals surface area contributed by atoms with Gasteiger partial charge >= 0.3 is 0 Å². The van der Waals surface area contributed by atoms with Crippen LogP contribution in [0.15, 0.2) is 58.5 Å². The van der Waals surface area contributed by atoms with E-state index in [9.17, 15) is 4.79 Å². The van der Waals surface area contributed by atoms with Crippen LogP contribution in [0.2, 0.25) is 0 Å². The normalized spacial score (nSPS) is 11.2. The molecular weight excluding hydrogens is 386 g/mol. The van der Waals surface area contributed by atoms with Crippen molar-refractivity contribution in [2.45, 2.75) is 23.9 Å². The molecule has 0 aliphatic rings. The third-order valence-corrected chi connectivity index (χ3v) is 5.66. The summed E-state index contributed by atoms with van der Waals surface area (Å²) >= 11 is 1.55. The third kappa shape index (κ3) is 3.75. The van der Waals surface area contributed by atoms with Gasteiger partial charge in [-0.1, -0.05) is 36.0 Å². The van der Waals surface area contributed by atoms with Gasteiger partial charge in [0.1, 0.15) is 0 Å². The Kier molecular flexibility index (Phi) is 5.60. The van der Waals surface area contributed by atoms with Gasteiger partial charge in [0.05, 0.1) is 22.5 Å². The Balaban J connectivity index is 1.75. The van der Waals surface area contributed by atoms with Gasteiger partial charge in [-0.2, -0.15) is 5.26 Å². The summed E-state index contributed by atoms with van der Waals surface area (Å²) in [6.07, 6.45) is 0.713. The molecule has 0 unspecified atom stereocenters. The highest BCUT2D eigenvalue weighted by molar-refractivity contribution is 7.98. The Hall–Kier alpha value is -3.15. The van der Waals surface area contributed by atoms with E-state index in [-0.39, 0.29) is 5.56 Å². The minimum absolute atomic E-state index is 0.0692. The summed E-state index contributed by atoms with van der Waals surface area (Å²) in [4.78, 5) is 13.0. The minimum atomic E-state index is -0.0692. The summed E-state index contributed by atoms with van der Waals surface area (Å²) in [5.41, 5.74) is 2.45. The fourth-order valence-corrected chi connectivity index (χ4v) is 4.11. The first-order valence-electron chi connectivity index (χ1n) is 9.20. The van der Waals surface area contributed by atoms with E-state index in [0.717, 1.165) is 16.2 Å². The van der Waals surface area contributed by atoms with E-state index in [2.05, 4.69) is 16.3 Å². The van der Waals surface area contributed by atoms with Crippen molar-refractivity contribution in [1.82, 2.24) is 19.2 Å². The van der Waals surface area contributed by atoms with Gasteiger partial charge in [0.2, 0.25) is 5.78 Å². The second-order valence-corrected chi connectivity index (χ2v) is 7.48. The number of hydrogen-bond donors (Lipinski definition) is 0. The van der Waals surface area contributed by atoms with Crippen molar-refractivity contribution >= 4 is 28.4 Å². The van der Waals surface area contributed by atoms with E-state index in [1.807, 2.05) is 40.8 Å². The number of fused-ring (bicyclic) bond motifs is 3. The molecule has 0 saturated heterocycles. The van der Waals surface area contributed by atoms with Gasteiger partial charge in [0.15, 0.2) is 5.16 Å². The Morgan fingerprint density at radius 2 is 1.93 bits per heavy atom. The summed E-state index contributed by atoms with van der Waals surface area (Å²) in [6.45, 7) is 1.08. The first kappa shape index (κ1) is 19.2. The Bertz CT molecular complexity index is 1250. The lowest BCUT2D eigenvalue weighted by atomic mass is 10.2. The number of hydrogen-bond acceptors (Lipinski definition) is 6. The number of para-hydroxylation sites is 1. The average Bonchev–Trinajstić information content (AvgIpc) is 3.19. The summed E-state index contributed by atoms with van der Waals surface area (Å²) in [5.74, 6) is 1.22. The minimum Gasteiger partial charge on any atom is -0.385 e.